The highest BCUT2D eigenvalue weighted by molar-refractivity contribution is 7.93. The van der Waals surface area contributed by atoms with Crippen molar-refractivity contribution in [1.29, 1.82) is 0 Å². The Morgan fingerprint density at radius 2 is 2.16 bits per heavy atom. The summed E-state index contributed by atoms with van der Waals surface area (Å²) in [5.74, 6) is -2.58. The summed E-state index contributed by atoms with van der Waals surface area (Å²) in [5, 5.41) is 19.2. The number of carboxylic acid groups (broad SMARTS) is 1. The molecule has 2 N–H and O–H groups in total. The van der Waals surface area contributed by atoms with E-state index in [4.69, 9.17) is 9.84 Å². The molecule has 1 aromatic rings. The van der Waals surface area contributed by atoms with Gasteiger partial charge in [-0.15, -0.1) is 0 Å². The van der Waals surface area contributed by atoms with Crippen molar-refractivity contribution in [2.75, 3.05) is 17.6 Å². The van der Waals surface area contributed by atoms with Crippen LogP contribution >= 0.6 is 0 Å². The van der Waals surface area contributed by atoms with Crippen LogP contribution in [0.25, 0.3) is 0 Å². The average Bonchev–Trinajstić information content (AvgIpc) is 2.26. The van der Waals surface area contributed by atoms with Crippen LogP contribution in [0.3, 0.4) is 0 Å². The number of nitro benzene ring substituents is 1. The van der Waals surface area contributed by atoms with Gasteiger partial charge >= 0.3 is 5.97 Å². The molecule has 0 atom stereocenters. The van der Waals surface area contributed by atoms with E-state index in [1.807, 2.05) is 4.72 Å². The van der Waals surface area contributed by atoms with Gasteiger partial charge in [-0.1, -0.05) is 0 Å². The fraction of sp³-hybridized carbons (Fsp3) is 0.222. The minimum atomic E-state index is -4.20. The molecule has 0 amide bonds. The molecule has 0 saturated heterocycles. The molecule has 0 unspecified atom stereocenters. The number of rotatable bonds is 6. The lowest BCUT2D eigenvalue weighted by molar-refractivity contribution is -0.384. The maximum atomic E-state index is 11.4. The molecule has 0 aliphatic carbocycles. The summed E-state index contributed by atoms with van der Waals surface area (Å²) in [4.78, 5) is 20.3. The molecule has 0 aromatic heterocycles. The Hall–Kier alpha value is -2.36. The fourth-order valence-electron chi connectivity index (χ4n) is 1.24. The lowest BCUT2D eigenvalue weighted by Gasteiger charge is -2.07. The van der Waals surface area contributed by atoms with E-state index in [-0.39, 0.29) is 11.4 Å². The number of nitrogens with one attached hydrogen (secondary N) is 1. The van der Waals surface area contributed by atoms with Crippen molar-refractivity contribution in [3.8, 4) is 5.75 Å². The second-order valence-electron chi connectivity index (χ2n) is 3.40. The van der Waals surface area contributed by atoms with Crippen molar-refractivity contribution in [3.63, 3.8) is 0 Å². The van der Waals surface area contributed by atoms with E-state index < -0.39 is 32.4 Å². The normalized spacial score (nSPS) is 10.8. The fourth-order valence-corrected chi connectivity index (χ4v) is 2.15. The number of hydrogen-bond acceptors (Lipinski definition) is 6. The number of anilines is 1. The molecule has 0 bridgehead atoms. The predicted octanol–water partition coefficient (Wildman–Crippen LogP) is 0.430. The minimum Gasteiger partial charge on any atom is -0.496 e. The molecule has 0 radical (unpaired) electrons. The molecule has 19 heavy (non-hydrogen) atoms. The highest BCUT2D eigenvalue weighted by Crippen LogP contribution is 2.29. The molecule has 0 aliphatic heterocycles. The van der Waals surface area contributed by atoms with Crippen molar-refractivity contribution in [2.45, 2.75) is 0 Å². The first kappa shape index (κ1) is 14.7. The van der Waals surface area contributed by atoms with Crippen molar-refractivity contribution in [3.05, 3.63) is 28.3 Å². The number of benzene rings is 1. The van der Waals surface area contributed by atoms with E-state index in [0.29, 0.717) is 0 Å². The van der Waals surface area contributed by atoms with Gasteiger partial charge in [0.15, 0.2) is 5.75 Å². The molecule has 9 nitrogen and oxygen atoms in total. The number of nitro groups is 1. The number of carbonyl (C=O) groups is 1. The maximum Gasteiger partial charge on any atom is 0.320 e. The Morgan fingerprint density at radius 3 is 2.63 bits per heavy atom. The first-order valence-corrected chi connectivity index (χ1v) is 6.45. The number of nitrogens with zero attached hydrogens (tertiary/aromatic N) is 1. The van der Waals surface area contributed by atoms with E-state index in [9.17, 15) is 23.3 Å². The van der Waals surface area contributed by atoms with Crippen LogP contribution in [0.15, 0.2) is 18.2 Å². The second kappa shape index (κ2) is 5.52. The van der Waals surface area contributed by atoms with Gasteiger partial charge in [0, 0.05) is 0 Å². The van der Waals surface area contributed by atoms with Crippen molar-refractivity contribution in [1.82, 2.24) is 0 Å². The lowest BCUT2D eigenvalue weighted by atomic mass is 10.2. The highest BCUT2D eigenvalue weighted by Gasteiger charge is 2.22. The number of aliphatic carboxylic acids is 1. The van der Waals surface area contributed by atoms with Gasteiger partial charge in [0.25, 0.3) is 5.69 Å². The van der Waals surface area contributed by atoms with Crippen LogP contribution in [0.5, 0.6) is 5.75 Å². The molecule has 10 heteroatoms. The molecule has 0 heterocycles. The smallest absolute Gasteiger partial charge is 0.320 e. The SMILES string of the molecule is COc1ccc(NS(=O)(=O)CC(=O)O)c([N+](=O)[O-])c1. The highest BCUT2D eigenvalue weighted by atomic mass is 32.2. The molecule has 0 saturated carbocycles. The Bertz CT molecular complexity index is 611. The first-order chi connectivity index (χ1) is 8.75. The van der Waals surface area contributed by atoms with Crippen LogP contribution < -0.4 is 9.46 Å². The Morgan fingerprint density at radius 1 is 1.53 bits per heavy atom. The van der Waals surface area contributed by atoms with Gasteiger partial charge in [-0.3, -0.25) is 19.6 Å². The van der Waals surface area contributed by atoms with Crippen molar-refractivity contribution < 1.29 is 28.0 Å². The van der Waals surface area contributed by atoms with Crippen LogP contribution in [0.4, 0.5) is 11.4 Å². The van der Waals surface area contributed by atoms with Gasteiger partial charge in [-0.05, 0) is 12.1 Å². The van der Waals surface area contributed by atoms with E-state index in [1.165, 1.54) is 13.2 Å². The standard InChI is InChI=1S/C9H10N2O7S/c1-18-6-2-3-7(8(4-6)11(14)15)10-19(16,17)5-9(12)13/h2-4,10H,5H2,1H3,(H,12,13). The zero-order valence-corrected chi connectivity index (χ0v) is 10.5. The van der Waals surface area contributed by atoms with E-state index in [1.54, 1.807) is 0 Å². The number of methoxy groups -OCH3 is 1. The average molecular weight is 290 g/mol. The largest absolute Gasteiger partial charge is 0.496 e. The van der Waals surface area contributed by atoms with Crippen LogP contribution in [-0.4, -0.2) is 37.3 Å². The predicted molar refractivity (Wildman–Crippen MR) is 64.7 cm³/mol. The summed E-state index contributed by atoms with van der Waals surface area (Å²) < 4.78 is 29.4. The van der Waals surface area contributed by atoms with E-state index in [2.05, 4.69) is 0 Å². The van der Waals surface area contributed by atoms with Gasteiger partial charge in [0.2, 0.25) is 10.0 Å². The van der Waals surface area contributed by atoms with Gasteiger partial charge < -0.3 is 9.84 Å². The Balaban J connectivity index is 3.14. The van der Waals surface area contributed by atoms with E-state index >= 15 is 0 Å². The number of sulfonamides is 1. The summed E-state index contributed by atoms with van der Waals surface area (Å²) in [6, 6.07) is 3.46. The topological polar surface area (TPSA) is 136 Å². The molecule has 1 rings (SSSR count). The summed E-state index contributed by atoms with van der Waals surface area (Å²) in [6.45, 7) is 0. The van der Waals surface area contributed by atoms with Crippen LogP contribution in [0, 0.1) is 10.1 Å². The van der Waals surface area contributed by atoms with Crippen LogP contribution in [-0.2, 0) is 14.8 Å². The molecule has 0 fully saturated rings. The summed E-state index contributed by atoms with van der Waals surface area (Å²) >= 11 is 0. The zero-order chi connectivity index (χ0) is 14.6. The maximum absolute atomic E-state index is 11.4. The molecule has 0 aliphatic rings. The monoisotopic (exact) mass is 290 g/mol. The molecule has 0 spiro atoms. The molecule has 104 valence electrons. The number of ether oxygens (including phenoxy) is 1. The third-order valence-electron chi connectivity index (χ3n) is 1.98. The number of carboxylic acids is 1. The Kier molecular flexibility index (Phi) is 4.27. The Labute approximate surface area is 108 Å². The zero-order valence-electron chi connectivity index (χ0n) is 9.69. The minimum absolute atomic E-state index is 0.174. The van der Waals surface area contributed by atoms with E-state index in [0.717, 1.165) is 12.1 Å². The lowest BCUT2D eigenvalue weighted by Crippen LogP contribution is -2.22. The van der Waals surface area contributed by atoms with Gasteiger partial charge in [0.05, 0.1) is 18.1 Å². The third kappa shape index (κ3) is 4.10. The first-order valence-electron chi connectivity index (χ1n) is 4.80. The summed E-state index contributed by atoms with van der Waals surface area (Å²) in [5.41, 5.74) is -0.861. The van der Waals surface area contributed by atoms with Gasteiger partial charge in [-0.25, -0.2) is 8.42 Å². The second-order valence-corrected chi connectivity index (χ2v) is 5.12. The quantitative estimate of drug-likeness (QED) is 0.572. The van der Waals surface area contributed by atoms with Crippen LogP contribution in [0.1, 0.15) is 0 Å². The summed E-state index contributed by atoms with van der Waals surface area (Å²) in [6.07, 6.45) is 0. The van der Waals surface area contributed by atoms with Gasteiger partial charge in [-0.2, -0.15) is 0 Å². The van der Waals surface area contributed by atoms with Crippen molar-refractivity contribution >= 4 is 27.4 Å². The summed E-state index contributed by atoms with van der Waals surface area (Å²) in [7, 11) is -2.91. The molecular formula is C9H10N2O7S. The van der Waals surface area contributed by atoms with Crippen molar-refractivity contribution in [2.24, 2.45) is 0 Å². The van der Waals surface area contributed by atoms with Gasteiger partial charge in [0.1, 0.15) is 11.4 Å². The molecule has 1 aromatic carbocycles. The molecular weight excluding hydrogens is 280 g/mol. The third-order valence-corrected chi connectivity index (χ3v) is 3.14. The van der Waals surface area contributed by atoms with Crippen LogP contribution in [0.2, 0.25) is 0 Å². The number of hydrogen-bond donors (Lipinski definition) is 2.